The lowest BCUT2D eigenvalue weighted by molar-refractivity contribution is 0.139. The van der Waals surface area contributed by atoms with Crippen molar-refractivity contribution in [3.8, 4) is 0 Å². The van der Waals surface area contributed by atoms with Crippen LogP contribution in [-0.4, -0.2) is 88.3 Å². The van der Waals surface area contributed by atoms with Crippen molar-refractivity contribution < 1.29 is 0 Å². The molecule has 1 aromatic rings. The number of likely N-dealkylation sites (N-methyl/N-ethyl adjacent to an activating group) is 1. The molecule has 6 nitrogen and oxygen atoms in total. The first-order valence-electron chi connectivity index (χ1n) is 10.3. The Bertz CT molecular complexity index is 565. The molecule has 1 atom stereocenters. The maximum atomic E-state index is 4.44. The number of anilines is 1. The van der Waals surface area contributed by atoms with Gasteiger partial charge in [-0.2, -0.15) is 0 Å². The van der Waals surface area contributed by atoms with Crippen molar-refractivity contribution in [3.63, 3.8) is 0 Å². The summed E-state index contributed by atoms with van der Waals surface area (Å²) in [5.41, 5.74) is 0. The second-order valence-electron chi connectivity index (χ2n) is 8.02. The number of guanidine groups is 1. The SMILES string of the molecule is CN=C(NCC(C)CN1CCN(C)CC1)NC1CCN(c2cccs2)CC1.I. The van der Waals surface area contributed by atoms with E-state index in [2.05, 4.69) is 61.8 Å². The van der Waals surface area contributed by atoms with Crippen molar-refractivity contribution in [2.75, 3.05) is 71.4 Å². The first kappa shape index (κ1) is 23.7. The summed E-state index contributed by atoms with van der Waals surface area (Å²) in [6.07, 6.45) is 2.32. The van der Waals surface area contributed by atoms with Gasteiger partial charge in [-0.25, -0.2) is 0 Å². The predicted molar refractivity (Wildman–Crippen MR) is 133 cm³/mol. The third-order valence-corrected chi connectivity index (χ3v) is 6.59. The van der Waals surface area contributed by atoms with Gasteiger partial charge in [0.15, 0.2) is 5.96 Å². The fourth-order valence-corrected chi connectivity index (χ4v) is 4.67. The average Bonchev–Trinajstić information content (AvgIpc) is 3.22. The van der Waals surface area contributed by atoms with Gasteiger partial charge in [0.1, 0.15) is 0 Å². The number of piperazine rings is 1. The molecule has 2 fully saturated rings. The summed E-state index contributed by atoms with van der Waals surface area (Å²) in [4.78, 5) is 11.9. The zero-order valence-corrected chi connectivity index (χ0v) is 20.7. The molecule has 2 aliphatic heterocycles. The van der Waals surface area contributed by atoms with Crippen LogP contribution in [0.25, 0.3) is 0 Å². The van der Waals surface area contributed by atoms with E-state index >= 15 is 0 Å². The summed E-state index contributed by atoms with van der Waals surface area (Å²) < 4.78 is 0. The lowest BCUT2D eigenvalue weighted by atomic mass is 10.1. The minimum Gasteiger partial charge on any atom is -0.363 e. The summed E-state index contributed by atoms with van der Waals surface area (Å²) in [5.74, 6) is 1.57. The van der Waals surface area contributed by atoms with Crippen LogP contribution < -0.4 is 15.5 Å². The first-order valence-corrected chi connectivity index (χ1v) is 11.2. The minimum atomic E-state index is 0. The second-order valence-corrected chi connectivity index (χ2v) is 8.95. The van der Waals surface area contributed by atoms with Gasteiger partial charge in [0.25, 0.3) is 0 Å². The van der Waals surface area contributed by atoms with Gasteiger partial charge >= 0.3 is 0 Å². The highest BCUT2D eigenvalue weighted by molar-refractivity contribution is 14.0. The molecule has 3 heterocycles. The quantitative estimate of drug-likeness (QED) is 0.343. The van der Waals surface area contributed by atoms with E-state index in [0.717, 1.165) is 45.0 Å². The van der Waals surface area contributed by atoms with Gasteiger partial charge in [0, 0.05) is 65.4 Å². The van der Waals surface area contributed by atoms with Crippen molar-refractivity contribution in [1.82, 2.24) is 20.4 Å². The number of halogens is 1. The van der Waals surface area contributed by atoms with Crippen LogP contribution in [0.15, 0.2) is 22.5 Å². The van der Waals surface area contributed by atoms with Gasteiger partial charge < -0.3 is 25.3 Å². The number of hydrogen-bond acceptors (Lipinski definition) is 5. The number of nitrogens with one attached hydrogen (secondary N) is 2. The Morgan fingerprint density at radius 3 is 2.54 bits per heavy atom. The second kappa shape index (κ2) is 12.2. The number of thiophene rings is 1. The Balaban J connectivity index is 0.00000280. The molecule has 3 rings (SSSR count). The molecule has 2 N–H and O–H groups in total. The van der Waals surface area contributed by atoms with E-state index in [9.17, 15) is 0 Å². The predicted octanol–water partition coefficient (Wildman–Crippen LogP) is 2.38. The van der Waals surface area contributed by atoms with Crippen LogP contribution in [0.2, 0.25) is 0 Å². The third kappa shape index (κ3) is 7.35. The highest BCUT2D eigenvalue weighted by Gasteiger charge is 2.21. The first-order chi connectivity index (χ1) is 13.1. The van der Waals surface area contributed by atoms with Gasteiger partial charge in [-0.3, -0.25) is 4.99 Å². The number of rotatable bonds is 6. The van der Waals surface area contributed by atoms with Crippen molar-refractivity contribution in [1.29, 1.82) is 0 Å². The van der Waals surface area contributed by atoms with E-state index in [1.165, 1.54) is 31.2 Å². The Morgan fingerprint density at radius 2 is 1.93 bits per heavy atom. The van der Waals surface area contributed by atoms with E-state index in [0.29, 0.717) is 12.0 Å². The van der Waals surface area contributed by atoms with Crippen LogP contribution in [0, 0.1) is 5.92 Å². The maximum absolute atomic E-state index is 4.44. The van der Waals surface area contributed by atoms with Crippen molar-refractivity contribution in [3.05, 3.63) is 17.5 Å². The van der Waals surface area contributed by atoms with E-state index in [-0.39, 0.29) is 24.0 Å². The van der Waals surface area contributed by atoms with Gasteiger partial charge in [0.05, 0.1) is 5.00 Å². The standard InChI is InChI=1S/C20H36N6S.HI/c1-17(16-25-12-10-24(3)11-13-25)15-22-20(21-2)23-18-6-8-26(9-7-18)19-5-4-14-27-19;/h4-5,14,17-18H,6-13,15-16H2,1-3H3,(H2,21,22,23);1H. The zero-order valence-electron chi connectivity index (χ0n) is 17.6. The zero-order chi connectivity index (χ0) is 19.1. The smallest absolute Gasteiger partial charge is 0.191 e. The Hall–Kier alpha value is -0.580. The fraction of sp³-hybridized carbons (Fsp3) is 0.750. The topological polar surface area (TPSA) is 46.1 Å². The molecule has 0 radical (unpaired) electrons. The maximum Gasteiger partial charge on any atom is 0.191 e. The van der Waals surface area contributed by atoms with Crippen LogP contribution >= 0.6 is 35.3 Å². The van der Waals surface area contributed by atoms with E-state index < -0.39 is 0 Å². The van der Waals surface area contributed by atoms with Gasteiger partial charge in [-0.15, -0.1) is 35.3 Å². The number of hydrogen-bond donors (Lipinski definition) is 2. The molecule has 1 unspecified atom stereocenters. The summed E-state index contributed by atoms with van der Waals surface area (Å²) >= 11 is 1.84. The van der Waals surface area contributed by atoms with Crippen LogP contribution in [0.4, 0.5) is 5.00 Å². The van der Waals surface area contributed by atoms with Crippen molar-refractivity contribution in [2.24, 2.45) is 10.9 Å². The fourth-order valence-electron chi connectivity index (χ4n) is 3.89. The molecule has 0 spiro atoms. The normalized spacial score (nSPS) is 21.2. The van der Waals surface area contributed by atoms with Crippen LogP contribution in [0.3, 0.4) is 0 Å². The van der Waals surface area contributed by atoms with Crippen LogP contribution in [0.5, 0.6) is 0 Å². The molecule has 0 aliphatic carbocycles. The Labute approximate surface area is 191 Å². The van der Waals surface area contributed by atoms with Gasteiger partial charge in [0.2, 0.25) is 0 Å². The van der Waals surface area contributed by atoms with Crippen molar-refractivity contribution >= 4 is 46.3 Å². The van der Waals surface area contributed by atoms with E-state index in [4.69, 9.17) is 0 Å². The van der Waals surface area contributed by atoms with E-state index in [1.807, 2.05) is 18.4 Å². The number of nitrogens with zero attached hydrogens (tertiary/aromatic N) is 4. The highest BCUT2D eigenvalue weighted by Crippen LogP contribution is 2.24. The molecule has 0 bridgehead atoms. The number of aliphatic imine (C=N–C) groups is 1. The lowest BCUT2D eigenvalue weighted by Gasteiger charge is -2.35. The van der Waals surface area contributed by atoms with Gasteiger partial charge in [-0.1, -0.05) is 6.92 Å². The molecule has 0 aromatic carbocycles. The molecule has 2 saturated heterocycles. The monoisotopic (exact) mass is 520 g/mol. The largest absolute Gasteiger partial charge is 0.363 e. The Morgan fingerprint density at radius 1 is 1.21 bits per heavy atom. The van der Waals surface area contributed by atoms with Crippen LogP contribution in [0.1, 0.15) is 19.8 Å². The summed E-state index contributed by atoms with van der Waals surface area (Å²) in [6, 6.07) is 4.88. The molecule has 1 aromatic heterocycles. The highest BCUT2D eigenvalue weighted by atomic mass is 127. The molecular weight excluding hydrogens is 483 g/mol. The molecule has 0 amide bonds. The number of piperidine rings is 1. The van der Waals surface area contributed by atoms with Gasteiger partial charge in [-0.05, 0) is 43.3 Å². The van der Waals surface area contributed by atoms with Crippen LogP contribution in [-0.2, 0) is 0 Å². The van der Waals surface area contributed by atoms with E-state index in [1.54, 1.807) is 0 Å². The summed E-state index contributed by atoms with van der Waals surface area (Å²) in [6.45, 7) is 11.5. The molecule has 8 heteroatoms. The Kier molecular flexibility index (Phi) is 10.3. The molecule has 2 aliphatic rings. The molecule has 0 saturated carbocycles. The lowest BCUT2D eigenvalue weighted by Crippen LogP contribution is -2.50. The minimum absolute atomic E-state index is 0. The third-order valence-electron chi connectivity index (χ3n) is 5.66. The van der Waals surface area contributed by atoms with Crippen molar-refractivity contribution in [2.45, 2.75) is 25.8 Å². The molecular formula is C20H37IN6S. The average molecular weight is 521 g/mol. The summed E-state index contributed by atoms with van der Waals surface area (Å²) in [5, 5.41) is 10.7. The molecule has 160 valence electrons. The summed E-state index contributed by atoms with van der Waals surface area (Å²) in [7, 11) is 4.09. The molecule has 28 heavy (non-hydrogen) atoms.